The van der Waals surface area contributed by atoms with Crippen LogP contribution in [0.1, 0.15) is 18.7 Å². The van der Waals surface area contributed by atoms with E-state index in [2.05, 4.69) is 10.3 Å². The number of hydrogen-bond acceptors (Lipinski definition) is 3. The second-order valence-electron chi connectivity index (χ2n) is 3.97. The number of halogens is 2. The minimum Gasteiger partial charge on any atom is -0.397 e. The number of nitrogens with two attached hydrogens (primary N) is 1. The van der Waals surface area contributed by atoms with Crippen LogP contribution in [0.3, 0.4) is 0 Å². The molecule has 18 heavy (non-hydrogen) atoms. The first-order valence-electron chi connectivity index (χ1n) is 5.50. The van der Waals surface area contributed by atoms with Gasteiger partial charge in [0.25, 0.3) is 0 Å². The molecule has 0 aliphatic carbocycles. The van der Waals surface area contributed by atoms with E-state index in [0.29, 0.717) is 11.4 Å². The monoisotopic (exact) mass is 265 g/mol. The second-order valence-corrected chi connectivity index (χ2v) is 4.38. The first kappa shape index (κ1) is 12.6. The fraction of sp³-hybridized carbons (Fsp3) is 0.154. The molecule has 0 radical (unpaired) electrons. The molecule has 5 heteroatoms. The summed E-state index contributed by atoms with van der Waals surface area (Å²) in [5.41, 5.74) is 7.52. The molecule has 1 unspecified atom stereocenters. The van der Waals surface area contributed by atoms with Gasteiger partial charge in [0.2, 0.25) is 0 Å². The Hall–Kier alpha value is -1.81. The van der Waals surface area contributed by atoms with E-state index in [1.807, 2.05) is 25.1 Å². The average molecular weight is 266 g/mol. The first-order chi connectivity index (χ1) is 8.58. The summed E-state index contributed by atoms with van der Waals surface area (Å²) in [6.45, 7) is 1.94. The number of nitrogen functional groups attached to an aromatic ring is 1. The summed E-state index contributed by atoms with van der Waals surface area (Å²) in [5, 5.41) is 3.20. The highest BCUT2D eigenvalue weighted by molar-refractivity contribution is 6.31. The Morgan fingerprint density at radius 2 is 2.17 bits per heavy atom. The van der Waals surface area contributed by atoms with Crippen molar-refractivity contribution in [3.8, 4) is 0 Å². The maximum Gasteiger partial charge on any atom is 0.143 e. The third-order valence-electron chi connectivity index (χ3n) is 2.60. The zero-order chi connectivity index (χ0) is 13.1. The topological polar surface area (TPSA) is 50.9 Å². The number of aromatic nitrogens is 1. The molecule has 3 N–H and O–H groups in total. The number of benzene rings is 1. The molecule has 1 aromatic heterocycles. The molecule has 94 valence electrons. The molecule has 0 spiro atoms. The highest BCUT2D eigenvalue weighted by Gasteiger charge is 2.10. The van der Waals surface area contributed by atoms with Crippen molar-refractivity contribution in [2.45, 2.75) is 13.0 Å². The molecule has 0 aliphatic rings. The van der Waals surface area contributed by atoms with Gasteiger partial charge < -0.3 is 11.1 Å². The zero-order valence-electron chi connectivity index (χ0n) is 9.82. The highest BCUT2D eigenvalue weighted by Crippen LogP contribution is 2.28. The normalized spacial score (nSPS) is 12.2. The van der Waals surface area contributed by atoms with Crippen LogP contribution in [0.4, 0.5) is 15.8 Å². The van der Waals surface area contributed by atoms with Crippen LogP contribution in [0.15, 0.2) is 36.5 Å². The van der Waals surface area contributed by atoms with Gasteiger partial charge in [-0.3, -0.25) is 4.98 Å². The summed E-state index contributed by atoms with van der Waals surface area (Å²) in [7, 11) is 0. The van der Waals surface area contributed by atoms with Gasteiger partial charge in [0.15, 0.2) is 0 Å². The Bertz CT molecular complexity index is 545. The quantitative estimate of drug-likeness (QED) is 0.833. The summed E-state index contributed by atoms with van der Waals surface area (Å²) >= 11 is 5.73. The van der Waals surface area contributed by atoms with E-state index < -0.39 is 5.82 Å². The lowest BCUT2D eigenvalue weighted by molar-refractivity contribution is 0.629. The molecule has 0 amide bonds. The maximum absolute atomic E-state index is 13.2. The molecular weight excluding hydrogens is 253 g/mol. The third kappa shape index (κ3) is 2.71. The van der Waals surface area contributed by atoms with Gasteiger partial charge in [-0.25, -0.2) is 4.39 Å². The van der Waals surface area contributed by atoms with Crippen molar-refractivity contribution in [3.63, 3.8) is 0 Å². The summed E-state index contributed by atoms with van der Waals surface area (Å²) < 4.78 is 13.2. The number of nitrogens with one attached hydrogen (secondary N) is 1. The van der Waals surface area contributed by atoms with Crippen LogP contribution in [0.25, 0.3) is 0 Å². The summed E-state index contributed by atoms with van der Waals surface area (Å²) in [4.78, 5) is 4.23. The Kier molecular flexibility index (Phi) is 3.67. The molecule has 0 saturated heterocycles. The highest BCUT2D eigenvalue weighted by atomic mass is 35.5. The molecule has 2 aromatic rings. The van der Waals surface area contributed by atoms with E-state index in [9.17, 15) is 4.39 Å². The fourth-order valence-electron chi connectivity index (χ4n) is 1.63. The second kappa shape index (κ2) is 5.23. The Balaban J connectivity index is 2.22. The number of pyridine rings is 1. The minimum absolute atomic E-state index is 0.0416. The number of nitrogens with zero attached hydrogens (tertiary/aromatic N) is 1. The van der Waals surface area contributed by atoms with Crippen molar-refractivity contribution in [1.82, 2.24) is 4.98 Å². The predicted octanol–water partition coefficient (Wildman–Crippen LogP) is 3.63. The molecule has 0 saturated carbocycles. The van der Waals surface area contributed by atoms with Gasteiger partial charge in [-0.15, -0.1) is 0 Å². The summed E-state index contributed by atoms with van der Waals surface area (Å²) in [6, 6.07) is 8.29. The Morgan fingerprint density at radius 3 is 2.83 bits per heavy atom. The lowest BCUT2D eigenvalue weighted by atomic mass is 10.2. The van der Waals surface area contributed by atoms with Crippen LogP contribution in [-0.4, -0.2) is 4.98 Å². The number of anilines is 2. The Labute approximate surface area is 110 Å². The lowest BCUT2D eigenvalue weighted by Crippen LogP contribution is -2.10. The van der Waals surface area contributed by atoms with E-state index in [0.717, 1.165) is 5.69 Å². The van der Waals surface area contributed by atoms with Crippen LogP contribution in [-0.2, 0) is 0 Å². The average Bonchev–Trinajstić information content (AvgIpc) is 2.37. The summed E-state index contributed by atoms with van der Waals surface area (Å²) in [5.74, 6) is -0.523. The van der Waals surface area contributed by atoms with Crippen LogP contribution in [0.5, 0.6) is 0 Å². The van der Waals surface area contributed by atoms with Gasteiger partial charge in [-0.05, 0) is 25.1 Å². The first-order valence-corrected chi connectivity index (χ1v) is 5.87. The smallest absolute Gasteiger partial charge is 0.143 e. The van der Waals surface area contributed by atoms with Gasteiger partial charge in [0, 0.05) is 12.3 Å². The zero-order valence-corrected chi connectivity index (χ0v) is 10.6. The lowest BCUT2D eigenvalue weighted by Gasteiger charge is -2.16. The van der Waals surface area contributed by atoms with Crippen LogP contribution in [0, 0.1) is 5.82 Å². The third-order valence-corrected chi connectivity index (χ3v) is 2.89. The van der Waals surface area contributed by atoms with E-state index in [4.69, 9.17) is 17.3 Å². The largest absolute Gasteiger partial charge is 0.397 e. The summed E-state index contributed by atoms with van der Waals surface area (Å²) in [6.07, 6.45) is 1.72. The molecule has 0 aliphatic heterocycles. The van der Waals surface area contributed by atoms with E-state index in [-0.39, 0.29) is 11.1 Å². The van der Waals surface area contributed by atoms with E-state index in [1.165, 1.54) is 12.1 Å². The van der Waals surface area contributed by atoms with Gasteiger partial charge >= 0.3 is 0 Å². The van der Waals surface area contributed by atoms with Crippen LogP contribution >= 0.6 is 11.6 Å². The maximum atomic E-state index is 13.2. The molecule has 0 fully saturated rings. The predicted molar refractivity (Wildman–Crippen MR) is 72.1 cm³/mol. The molecular formula is C13H13ClFN3. The van der Waals surface area contributed by atoms with Gasteiger partial charge in [-0.1, -0.05) is 17.7 Å². The Morgan fingerprint density at radius 1 is 1.39 bits per heavy atom. The van der Waals surface area contributed by atoms with Crippen molar-refractivity contribution >= 4 is 23.0 Å². The SMILES string of the molecule is CC(Nc1cc(Cl)c(F)cc1N)c1ccccn1. The van der Waals surface area contributed by atoms with Gasteiger partial charge in [0.05, 0.1) is 28.1 Å². The molecule has 1 aromatic carbocycles. The van der Waals surface area contributed by atoms with Crippen molar-refractivity contribution in [2.75, 3.05) is 11.1 Å². The van der Waals surface area contributed by atoms with Crippen molar-refractivity contribution in [1.29, 1.82) is 0 Å². The van der Waals surface area contributed by atoms with Gasteiger partial charge in [-0.2, -0.15) is 0 Å². The molecule has 1 heterocycles. The number of hydrogen-bond donors (Lipinski definition) is 2. The van der Waals surface area contributed by atoms with Crippen LogP contribution < -0.4 is 11.1 Å². The molecule has 1 atom stereocenters. The fourth-order valence-corrected chi connectivity index (χ4v) is 1.79. The van der Waals surface area contributed by atoms with E-state index in [1.54, 1.807) is 6.20 Å². The molecule has 2 rings (SSSR count). The molecule has 0 bridgehead atoms. The minimum atomic E-state index is -0.523. The van der Waals surface area contributed by atoms with Crippen molar-refractivity contribution in [3.05, 3.63) is 53.1 Å². The van der Waals surface area contributed by atoms with Crippen LogP contribution in [0.2, 0.25) is 5.02 Å². The van der Waals surface area contributed by atoms with Crippen molar-refractivity contribution in [2.24, 2.45) is 0 Å². The van der Waals surface area contributed by atoms with Gasteiger partial charge in [0.1, 0.15) is 5.82 Å². The van der Waals surface area contributed by atoms with Crippen molar-refractivity contribution < 1.29 is 4.39 Å². The molecule has 3 nitrogen and oxygen atoms in total. The number of rotatable bonds is 3. The standard InChI is InChI=1S/C13H13ClFN3/c1-8(12-4-2-3-5-17-12)18-13-6-9(14)10(15)7-11(13)16/h2-8,18H,16H2,1H3. The van der Waals surface area contributed by atoms with E-state index >= 15 is 0 Å².